The summed E-state index contributed by atoms with van der Waals surface area (Å²) in [7, 11) is 0. The first kappa shape index (κ1) is 9.60. The maximum atomic E-state index is 5.79. The smallest absolute Gasteiger partial charge is 0.0931 e. The summed E-state index contributed by atoms with van der Waals surface area (Å²) in [6, 6.07) is 2.24. The molecule has 0 saturated heterocycles. The van der Waals surface area contributed by atoms with Crippen LogP contribution < -0.4 is 5.32 Å². The molecule has 0 aliphatic rings. The van der Waals surface area contributed by atoms with Crippen LogP contribution in [0.4, 0.5) is 0 Å². The first-order valence-corrected chi connectivity index (χ1v) is 4.90. The summed E-state index contributed by atoms with van der Waals surface area (Å²) in [5.74, 6) is 2.53. The van der Waals surface area contributed by atoms with Crippen LogP contribution in [0.3, 0.4) is 0 Å². The molecule has 1 unspecified atom stereocenters. The summed E-state index contributed by atoms with van der Waals surface area (Å²) in [5, 5.41) is 5.21. The van der Waals surface area contributed by atoms with Crippen LogP contribution in [-0.4, -0.2) is 6.54 Å². The lowest BCUT2D eigenvalue weighted by atomic mass is 10.2. The van der Waals surface area contributed by atoms with Crippen LogP contribution in [0.2, 0.25) is 4.34 Å². The van der Waals surface area contributed by atoms with Crippen LogP contribution >= 0.6 is 22.9 Å². The largest absolute Gasteiger partial charge is 0.300 e. The average Bonchev–Trinajstić information content (AvgIpc) is 2.47. The fourth-order valence-corrected chi connectivity index (χ4v) is 1.86. The number of rotatable bonds is 3. The summed E-state index contributed by atoms with van der Waals surface area (Å²) >= 11 is 7.33. The van der Waals surface area contributed by atoms with E-state index in [1.165, 1.54) is 16.9 Å². The molecule has 1 atom stereocenters. The van der Waals surface area contributed by atoms with Gasteiger partial charge in [0.15, 0.2) is 0 Å². The van der Waals surface area contributed by atoms with Crippen molar-refractivity contribution in [3.05, 3.63) is 21.3 Å². The minimum Gasteiger partial charge on any atom is -0.300 e. The van der Waals surface area contributed by atoms with Gasteiger partial charge in [0.2, 0.25) is 0 Å². The molecule has 0 amide bonds. The van der Waals surface area contributed by atoms with Crippen molar-refractivity contribution in [2.45, 2.75) is 13.0 Å². The molecule has 12 heavy (non-hydrogen) atoms. The van der Waals surface area contributed by atoms with Gasteiger partial charge in [-0.15, -0.1) is 17.8 Å². The van der Waals surface area contributed by atoms with Crippen molar-refractivity contribution >= 4 is 22.9 Å². The van der Waals surface area contributed by atoms with E-state index in [9.17, 15) is 0 Å². The molecule has 1 rings (SSSR count). The highest BCUT2D eigenvalue weighted by atomic mass is 35.5. The van der Waals surface area contributed by atoms with Crippen molar-refractivity contribution in [3.8, 4) is 12.3 Å². The van der Waals surface area contributed by atoms with E-state index < -0.39 is 0 Å². The summed E-state index contributed by atoms with van der Waals surface area (Å²) in [5.41, 5.74) is 1.19. The van der Waals surface area contributed by atoms with Crippen molar-refractivity contribution in [1.29, 1.82) is 0 Å². The van der Waals surface area contributed by atoms with Crippen LogP contribution in [-0.2, 0) is 0 Å². The summed E-state index contributed by atoms with van der Waals surface area (Å²) in [6.07, 6.45) is 5.12. The molecule has 1 heterocycles. The molecule has 1 nitrogen and oxygen atoms in total. The van der Waals surface area contributed by atoms with Gasteiger partial charge in [-0.1, -0.05) is 17.5 Å². The number of halogens is 1. The molecule has 0 saturated carbocycles. The normalized spacial score (nSPS) is 12.4. The predicted molar refractivity (Wildman–Crippen MR) is 54.6 cm³/mol. The summed E-state index contributed by atoms with van der Waals surface area (Å²) in [4.78, 5) is 0. The minimum atomic E-state index is 0.282. The van der Waals surface area contributed by atoms with Gasteiger partial charge in [-0.05, 0) is 23.9 Å². The van der Waals surface area contributed by atoms with Crippen LogP contribution in [0, 0.1) is 12.3 Å². The van der Waals surface area contributed by atoms with Gasteiger partial charge >= 0.3 is 0 Å². The number of hydrogen-bond donors (Lipinski definition) is 1. The third kappa shape index (κ3) is 2.53. The van der Waals surface area contributed by atoms with Gasteiger partial charge in [0.25, 0.3) is 0 Å². The Hall–Kier alpha value is -0.490. The Bertz CT molecular complexity index is 287. The number of terminal acetylenes is 1. The first-order valence-electron chi connectivity index (χ1n) is 3.65. The quantitative estimate of drug-likeness (QED) is 0.739. The van der Waals surface area contributed by atoms with Gasteiger partial charge in [0.05, 0.1) is 10.9 Å². The standard InChI is InChI=1S/C9H10ClNS/c1-3-4-11-7(2)8-5-9(10)12-6-8/h1,5-7,11H,4H2,2H3. The Labute approximate surface area is 81.7 Å². The van der Waals surface area contributed by atoms with Crippen molar-refractivity contribution < 1.29 is 0 Å². The fraction of sp³-hybridized carbons (Fsp3) is 0.333. The van der Waals surface area contributed by atoms with Crippen molar-refractivity contribution in [2.24, 2.45) is 0 Å². The molecule has 0 bridgehead atoms. The fourth-order valence-electron chi connectivity index (χ4n) is 0.880. The number of hydrogen-bond acceptors (Lipinski definition) is 2. The maximum Gasteiger partial charge on any atom is 0.0931 e. The molecule has 0 aliphatic carbocycles. The van der Waals surface area contributed by atoms with E-state index in [0.717, 1.165) is 4.34 Å². The lowest BCUT2D eigenvalue weighted by Crippen LogP contribution is -2.17. The second-order valence-electron chi connectivity index (χ2n) is 2.49. The number of thiophene rings is 1. The lowest BCUT2D eigenvalue weighted by molar-refractivity contribution is 0.625. The topological polar surface area (TPSA) is 12.0 Å². The second kappa shape index (κ2) is 4.51. The highest BCUT2D eigenvalue weighted by Crippen LogP contribution is 2.24. The Morgan fingerprint density at radius 3 is 3.08 bits per heavy atom. The van der Waals surface area contributed by atoms with Crippen LogP contribution in [0.15, 0.2) is 11.4 Å². The first-order chi connectivity index (χ1) is 5.74. The molecular formula is C9H10ClNS. The molecule has 1 aromatic rings. The average molecular weight is 200 g/mol. The van der Waals surface area contributed by atoms with Crippen LogP contribution in [0.25, 0.3) is 0 Å². The lowest BCUT2D eigenvalue weighted by Gasteiger charge is -2.08. The third-order valence-electron chi connectivity index (χ3n) is 1.60. The summed E-state index contributed by atoms with van der Waals surface area (Å²) < 4.78 is 0.819. The molecule has 1 aromatic heterocycles. The molecule has 0 radical (unpaired) electrons. The van der Waals surface area contributed by atoms with Crippen LogP contribution in [0.5, 0.6) is 0 Å². The highest BCUT2D eigenvalue weighted by Gasteiger charge is 2.05. The minimum absolute atomic E-state index is 0.282. The van der Waals surface area contributed by atoms with E-state index >= 15 is 0 Å². The molecule has 0 aliphatic heterocycles. The Kier molecular flexibility index (Phi) is 3.61. The number of nitrogens with one attached hydrogen (secondary N) is 1. The third-order valence-corrected chi connectivity index (χ3v) is 2.71. The van der Waals surface area contributed by atoms with Gasteiger partial charge in [0.1, 0.15) is 0 Å². The molecule has 0 aromatic carbocycles. The van der Waals surface area contributed by atoms with E-state index in [-0.39, 0.29) is 6.04 Å². The van der Waals surface area contributed by atoms with Crippen molar-refractivity contribution in [2.75, 3.05) is 6.54 Å². The zero-order chi connectivity index (χ0) is 8.97. The van der Waals surface area contributed by atoms with E-state index in [1.807, 2.05) is 11.4 Å². The zero-order valence-corrected chi connectivity index (χ0v) is 8.38. The highest BCUT2D eigenvalue weighted by molar-refractivity contribution is 7.14. The molecular weight excluding hydrogens is 190 g/mol. The zero-order valence-electron chi connectivity index (χ0n) is 6.80. The molecule has 1 N–H and O–H groups in total. The predicted octanol–water partition coefficient (Wildman–Crippen LogP) is 2.69. The monoisotopic (exact) mass is 199 g/mol. The van der Waals surface area contributed by atoms with Gasteiger partial charge < -0.3 is 0 Å². The maximum absolute atomic E-state index is 5.79. The molecule has 3 heteroatoms. The Morgan fingerprint density at radius 1 is 1.83 bits per heavy atom. The molecule has 64 valence electrons. The van der Waals surface area contributed by atoms with Gasteiger partial charge in [-0.3, -0.25) is 5.32 Å². The second-order valence-corrected chi connectivity index (χ2v) is 4.03. The van der Waals surface area contributed by atoms with Gasteiger partial charge in [-0.25, -0.2) is 0 Å². The SMILES string of the molecule is C#CCNC(C)c1csc(Cl)c1. The van der Waals surface area contributed by atoms with E-state index in [0.29, 0.717) is 6.54 Å². The molecule has 0 spiro atoms. The van der Waals surface area contributed by atoms with Crippen LogP contribution in [0.1, 0.15) is 18.5 Å². The summed E-state index contributed by atoms with van der Waals surface area (Å²) in [6.45, 7) is 2.66. The van der Waals surface area contributed by atoms with E-state index in [2.05, 4.69) is 18.2 Å². The molecule has 0 fully saturated rings. The Balaban J connectivity index is 2.54. The van der Waals surface area contributed by atoms with Crippen molar-refractivity contribution in [3.63, 3.8) is 0 Å². The van der Waals surface area contributed by atoms with E-state index in [4.69, 9.17) is 18.0 Å². The van der Waals surface area contributed by atoms with Crippen molar-refractivity contribution in [1.82, 2.24) is 5.32 Å². The Morgan fingerprint density at radius 2 is 2.58 bits per heavy atom. The van der Waals surface area contributed by atoms with Gasteiger partial charge in [-0.2, -0.15) is 0 Å². The van der Waals surface area contributed by atoms with Gasteiger partial charge in [0, 0.05) is 6.04 Å². The van der Waals surface area contributed by atoms with E-state index in [1.54, 1.807) is 0 Å².